The van der Waals surface area contributed by atoms with Gasteiger partial charge in [0.1, 0.15) is 11.6 Å². The summed E-state index contributed by atoms with van der Waals surface area (Å²) in [6.07, 6.45) is -4.85. The first kappa shape index (κ1) is 18.9. The van der Waals surface area contributed by atoms with Crippen molar-refractivity contribution in [3.8, 4) is 0 Å². The van der Waals surface area contributed by atoms with Gasteiger partial charge in [0.25, 0.3) is 0 Å². The predicted octanol–water partition coefficient (Wildman–Crippen LogP) is 5.04. The molecule has 3 aromatic carbocycles. The molecule has 0 saturated carbocycles. The van der Waals surface area contributed by atoms with Crippen molar-refractivity contribution in [2.24, 2.45) is 5.73 Å². The van der Waals surface area contributed by atoms with Gasteiger partial charge in [0.2, 0.25) is 5.91 Å². The molecular formula is C21H12F5N2O. The molecule has 1 aromatic heterocycles. The molecule has 147 valence electrons. The van der Waals surface area contributed by atoms with Crippen molar-refractivity contribution >= 4 is 27.7 Å². The SMILES string of the molecule is NC(=O)c1cccc2c1c1[c]cc(F)cc1n2Cc1ccc(F)c(C(F)(F)F)c1. The molecule has 1 heterocycles. The molecule has 0 atom stereocenters. The van der Waals surface area contributed by atoms with Crippen molar-refractivity contribution in [1.82, 2.24) is 4.57 Å². The molecular weight excluding hydrogens is 391 g/mol. The monoisotopic (exact) mass is 403 g/mol. The fourth-order valence-corrected chi connectivity index (χ4v) is 3.48. The van der Waals surface area contributed by atoms with Gasteiger partial charge >= 0.3 is 6.18 Å². The van der Waals surface area contributed by atoms with E-state index in [1.807, 2.05) is 0 Å². The van der Waals surface area contributed by atoms with E-state index in [9.17, 15) is 26.7 Å². The normalized spacial score (nSPS) is 12.0. The third kappa shape index (κ3) is 3.20. The van der Waals surface area contributed by atoms with Gasteiger partial charge in [-0.1, -0.05) is 12.1 Å². The second-order valence-electron chi connectivity index (χ2n) is 6.54. The summed E-state index contributed by atoms with van der Waals surface area (Å²) < 4.78 is 68.2. The molecule has 1 radical (unpaired) electrons. The van der Waals surface area contributed by atoms with Gasteiger partial charge in [0.15, 0.2) is 0 Å². The summed E-state index contributed by atoms with van der Waals surface area (Å²) >= 11 is 0. The molecule has 0 fully saturated rings. The number of rotatable bonds is 3. The number of amides is 1. The number of alkyl halides is 3. The fourth-order valence-electron chi connectivity index (χ4n) is 3.48. The van der Waals surface area contributed by atoms with Crippen LogP contribution in [0.15, 0.2) is 48.5 Å². The molecule has 0 aliphatic heterocycles. The minimum atomic E-state index is -4.85. The van der Waals surface area contributed by atoms with Gasteiger partial charge in [0.05, 0.1) is 16.6 Å². The lowest BCUT2D eigenvalue weighted by atomic mass is 10.1. The summed E-state index contributed by atoms with van der Waals surface area (Å²) in [6.45, 7) is -0.108. The van der Waals surface area contributed by atoms with E-state index in [-0.39, 0.29) is 17.7 Å². The Morgan fingerprint density at radius 1 is 1.07 bits per heavy atom. The molecule has 4 rings (SSSR count). The van der Waals surface area contributed by atoms with Crippen LogP contribution in [0, 0.1) is 17.7 Å². The largest absolute Gasteiger partial charge is 0.419 e. The Balaban J connectivity index is 1.98. The molecule has 0 aliphatic carbocycles. The maximum absolute atomic E-state index is 13.9. The van der Waals surface area contributed by atoms with Crippen molar-refractivity contribution in [3.63, 3.8) is 0 Å². The van der Waals surface area contributed by atoms with Crippen molar-refractivity contribution < 1.29 is 26.7 Å². The van der Waals surface area contributed by atoms with Crippen LogP contribution in [0.3, 0.4) is 0 Å². The lowest BCUT2D eigenvalue weighted by molar-refractivity contribution is -0.140. The van der Waals surface area contributed by atoms with Crippen LogP contribution < -0.4 is 5.73 Å². The topological polar surface area (TPSA) is 48.0 Å². The van der Waals surface area contributed by atoms with Gasteiger partial charge in [-0.3, -0.25) is 4.79 Å². The van der Waals surface area contributed by atoms with Gasteiger partial charge in [-0.2, -0.15) is 13.2 Å². The highest BCUT2D eigenvalue weighted by Gasteiger charge is 2.34. The average molecular weight is 403 g/mol. The third-order valence-corrected chi connectivity index (χ3v) is 4.70. The van der Waals surface area contributed by atoms with Crippen molar-refractivity contribution in [2.75, 3.05) is 0 Å². The van der Waals surface area contributed by atoms with E-state index in [1.54, 1.807) is 16.7 Å². The zero-order valence-corrected chi connectivity index (χ0v) is 14.6. The minimum absolute atomic E-state index is 0.108. The first-order chi connectivity index (χ1) is 13.7. The van der Waals surface area contributed by atoms with Crippen LogP contribution >= 0.6 is 0 Å². The standard InChI is InChI=1S/C21H12F5N2O/c22-12-5-6-13-18(9-12)28(17-3-1-2-14(19(13)17)20(27)29)10-11-4-7-16(23)15(8-11)21(24,25)26/h1-5,7-9H,10H2,(H2,27,29). The molecule has 2 N–H and O–H groups in total. The van der Waals surface area contributed by atoms with Crippen LogP contribution in [0.1, 0.15) is 21.5 Å². The molecule has 3 nitrogen and oxygen atoms in total. The summed E-state index contributed by atoms with van der Waals surface area (Å²) in [5.74, 6) is -2.68. The van der Waals surface area contributed by atoms with Crippen LogP contribution in [0.25, 0.3) is 21.8 Å². The first-order valence-electron chi connectivity index (χ1n) is 8.44. The van der Waals surface area contributed by atoms with E-state index in [0.29, 0.717) is 27.9 Å². The second-order valence-corrected chi connectivity index (χ2v) is 6.54. The molecule has 0 bridgehead atoms. The molecule has 8 heteroatoms. The number of fused-ring (bicyclic) bond motifs is 3. The quantitative estimate of drug-likeness (QED) is 0.479. The van der Waals surface area contributed by atoms with E-state index < -0.39 is 29.3 Å². The van der Waals surface area contributed by atoms with Crippen LogP contribution in [0.5, 0.6) is 0 Å². The van der Waals surface area contributed by atoms with E-state index in [1.165, 1.54) is 18.2 Å². The van der Waals surface area contributed by atoms with Gasteiger partial charge in [-0.25, -0.2) is 8.78 Å². The summed E-state index contributed by atoms with van der Waals surface area (Å²) in [6, 6.07) is 12.5. The highest BCUT2D eigenvalue weighted by molar-refractivity contribution is 6.17. The highest BCUT2D eigenvalue weighted by Crippen LogP contribution is 2.35. The molecule has 0 unspecified atom stereocenters. The van der Waals surface area contributed by atoms with Crippen molar-refractivity contribution in [2.45, 2.75) is 12.7 Å². The molecule has 29 heavy (non-hydrogen) atoms. The number of benzene rings is 3. The summed E-state index contributed by atoms with van der Waals surface area (Å²) in [7, 11) is 0. The Labute approximate surface area is 161 Å². The van der Waals surface area contributed by atoms with E-state index in [2.05, 4.69) is 6.07 Å². The number of carbonyl (C=O) groups is 1. The Kier molecular flexibility index (Phi) is 4.29. The summed E-state index contributed by atoms with van der Waals surface area (Å²) in [5.41, 5.74) is 5.20. The van der Waals surface area contributed by atoms with Gasteiger partial charge in [0, 0.05) is 22.9 Å². The van der Waals surface area contributed by atoms with Crippen LogP contribution in [-0.4, -0.2) is 10.5 Å². The van der Waals surface area contributed by atoms with Crippen LogP contribution in [0.2, 0.25) is 0 Å². The number of nitrogens with two attached hydrogens (primary N) is 1. The van der Waals surface area contributed by atoms with Crippen molar-refractivity contribution in [3.05, 3.63) is 82.9 Å². The fraction of sp³-hybridized carbons (Fsp3) is 0.0952. The highest BCUT2D eigenvalue weighted by atomic mass is 19.4. The maximum atomic E-state index is 13.9. The number of nitrogens with zero attached hydrogens (tertiary/aromatic N) is 1. The number of halogens is 5. The number of hydrogen-bond donors (Lipinski definition) is 1. The van der Waals surface area contributed by atoms with E-state index in [0.717, 1.165) is 12.1 Å². The molecule has 0 spiro atoms. The molecule has 0 aliphatic rings. The molecule has 0 saturated heterocycles. The van der Waals surface area contributed by atoms with Gasteiger partial charge in [-0.05, 0) is 48.0 Å². The number of carbonyl (C=O) groups excluding carboxylic acids is 1. The number of primary amides is 1. The smallest absolute Gasteiger partial charge is 0.366 e. The predicted molar refractivity (Wildman–Crippen MR) is 97.3 cm³/mol. The Morgan fingerprint density at radius 2 is 1.83 bits per heavy atom. The maximum Gasteiger partial charge on any atom is 0.419 e. The van der Waals surface area contributed by atoms with E-state index in [4.69, 9.17) is 5.73 Å². The zero-order chi connectivity index (χ0) is 20.9. The second kappa shape index (κ2) is 6.58. The van der Waals surface area contributed by atoms with Gasteiger partial charge < -0.3 is 10.3 Å². The lowest BCUT2D eigenvalue weighted by Gasteiger charge is -2.12. The first-order valence-corrected chi connectivity index (χ1v) is 8.44. The number of aromatic nitrogens is 1. The van der Waals surface area contributed by atoms with Crippen molar-refractivity contribution in [1.29, 1.82) is 0 Å². The van der Waals surface area contributed by atoms with Crippen LogP contribution in [-0.2, 0) is 12.7 Å². The summed E-state index contributed by atoms with van der Waals surface area (Å²) in [4.78, 5) is 11.8. The lowest BCUT2D eigenvalue weighted by Crippen LogP contribution is -2.11. The Morgan fingerprint density at radius 3 is 2.52 bits per heavy atom. The Hall–Kier alpha value is -3.42. The van der Waals surface area contributed by atoms with E-state index >= 15 is 0 Å². The van der Waals surface area contributed by atoms with Crippen LogP contribution in [0.4, 0.5) is 22.0 Å². The molecule has 1 amide bonds. The average Bonchev–Trinajstić information content (AvgIpc) is 2.95. The summed E-state index contributed by atoms with van der Waals surface area (Å²) in [5, 5.41) is 0.835. The molecule has 4 aromatic rings. The third-order valence-electron chi connectivity index (χ3n) is 4.70. The Bertz CT molecular complexity index is 1270. The van der Waals surface area contributed by atoms with Gasteiger partial charge in [-0.15, -0.1) is 0 Å². The minimum Gasteiger partial charge on any atom is -0.366 e. The zero-order valence-electron chi connectivity index (χ0n) is 14.6. The number of hydrogen-bond acceptors (Lipinski definition) is 1.